The number of nitrogens with zero attached hydrogens (tertiary/aromatic N) is 5. The molecule has 2 aromatic rings. The standard InChI is InChI=1S/C37H53N6O11P/c1-5-8-22-51-36(48)42-20-18-41(19-21-42)35(47)29(25-55(49)54-37(52-31(44)12-6-2)53-32(45)13-7-3)39-34(46)28-23-30(43-17-16-27(24-43)50-4)40-33(38-28)26-14-10-9-11-15-26/h9-11,14-15,23,27,29,37,55H,5-8,12-13,16-22,24-25H2,1-4H3,(H,39,46)/t27-,29-/m0/s1. The molecule has 1 unspecified atom stereocenters. The average molecular weight is 789 g/mol. The number of carbonyl (C=O) groups excluding carboxylic acids is 5. The van der Waals surface area contributed by atoms with Gasteiger partial charge in [0.2, 0.25) is 13.9 Å². The van der Waals surface area contributed by atoms with Crippen molar-refractivity contribution in [2.45, 2.75) is 84.3 Å². The van der Waals surface area contributed by atoms with E-state index in [4.69, 9.17) is 28.5 Å². The van der Waals surface area contributed by atoms with Crippen LogP contribution in [-0.2, 0) is 42.4 Å². The number of nitrogens with one attached hydrogen (secondary N) is 1. The quantitative estimate of drug-likeness (QED) is 0.0928. The van der Waals surface area contributed by atoms with Crippen LogP contribution in [0.15, 0.2) is 36.4 Å². The van der Waals surface area contributed by atoms with Crippen molar-refractivity contribution >= 4 is 43.7 Å². The van der Waals surface area contributed by atoms with Gasteiger partial charge < -0.3 is 39.0 Å². The molecule has 0 bridgehead atoms. The van der Waals surface area contributed by atoms with Gasteiger partial charge in [0, 0.05) is 70.8 Å². The van der Waals surface area contributed by atoms with E-state index in [1.54, 1.807) is 21.0 Å². The zero-order valence-electron chi connectivity index (χ0n) is 32.0. The number of carbonyl (C=O) groups is 5. The second-order valence-corrected chi connectivity index (χ2v) is 14.6. The van der Waals surface area contributed by atoms with Crippen molar-refractivity contribution < 1.29 is 52.0 Å². The number of esters is 2. The molecular formula is C37H53N6O11P. The molecule has 55 heavy (non-hydrogen) atoms. The maximum Gasteiger partial charge on any atom is 0.409 e. The first-order chi connectivity index (χ1) is 26.5. The fourth-order valence-electron chi connectivity index (χ4n) is 5.85. The number of benzene rings is 1. The lowest BCUT2D eigenvalue weighted by Crippen LogP contribution is -2.56. The van der Waals surface area contributed by atoms with Gasteiger partial charge in [-0.15, -0.1) is 0 Å². The Balaban J connectivity index is 1.58. The summed E-state index contributed by atoms with van der Waals surface area (Å²) in [6.45, 7) is 5.66. The van der Waals surface area contributed by atoms with Gasteiger partial charge in [-0.3, -0.25) is 28.3 Å². The van der Waals surface area contributed by atoms with Crippen molar-refractivity contribution in [1.82, 2.24) is 25.1 Å². The zero-order valence-corrected chi connectivity index (χ0v) is 33.0. The Hall–Kier alpha value is -4.60. The number of methoxy groups -OCH3 is 1. The number of anilines is 1. The molecule has 1 N–H and O–H groups in total. The Kier molecular flexibility index (Phi) is 17.3. The predicted octanol–water partition coefficient (Wildman–Crippen LogP) is 4.01. The highest BCUT2D eigenvalue weighted by molar-refractivity contribution is 7.39. The lowest BCUT2D eigenvalue weighted by atomic mass is 10.2. The Bertz CT molecular complexity index is 1610. The van der Waals surface area contributed by atoms with Crippen LogP contribution in [0, 0.1) is 0 Å². The zero-order chi connectivity index (χ0) is 39.7. The minimum absolute atomic E-state index is 0.00312. The van der Waals surface area contributed by atoms with E-state index in [1.165, 1.54) is 15.9 Å². The third-order valence-electron chi connectivity index (χ3n) is 8.92. The van der Waals surface area contributed by atoms with Crippen LogP contribution in [0.2, 0.25) is 0 Å². The number of unbranched alkanes of at least 4 members (excludes halogenated alkanes) is 1. The number of rotatable bonds is 19. The smallest absolute Gasteiger partial charge is 0.409 e. The molecule has 2 aliphatic heterocycles. The summed E-state index contributed by atoms with van der Waals surface area (Å²) in [5.41, 5.74) is 0.627. The molecule has 2 aliphatic rings. The van der Waals surface area contributed by atoms with Crippen LogP contribution in [0.5, 0.6) is 0 Å². The average Bonchev–Trinajstić information content (AvgIpc) is 3.67. The highest BCUT2D eigenvalue weighted by Crippen LogP contribution is 2.29. The molecule has 302 valence electrons. The summed E-state index contributed by atoms with van der Waals surface area (Å²) in [5, 5.41) is 2.70. The molecule has 2 fully saturated rings. The minimum atomic E-state index is -3.34. The second kappa shape index (κ2) is 22.1. The van der Waals surface area contributed by atoms with Gasteiger partial charge in [0.05, 0.1) is 18.9 Å². The van der Waals surface area contributed by atoms with Gasteiger partial charge in [0.25, 0.3) is 5.91 Å². The summed E-state index contributed by atoms with van der Waals surface area (Å²) in [6.07, 6.45) is 2.21. The molecule has 3 amide bonds. The number of amides is 3. The Morgan fingerprint density at radius 3 is 2.15 bits per heavy atom. The molecule has 0 saturated carbocycles. The van der Waals surface area contributed by atoms with Crippen LogP contribution in [0.25, 0.3) is 11.4 Å². The van der Waals surface area contributed by atoms with Crippen molar-refractivity contribution in [2.75, 3.05) is 64.0 Å². The topological polar surface area (TPSA) is 196 Å². The number of hydrogen-bond donors (Lipinski definition) is 1. The summed E-state index contributed by atoms with van der Waals surface area (Å²) >= 11 is 0. The van der Waals surface area contributed by atoms with Crippen LogP contribution < -0.4 is 10.2 Å². The highest BCUT2D eigenvalue weighted by atomic mass is 31.1. The molecule has 0 radical (unpaired) electrons. The minimum Gasteiger partial charge on any atom is -0.449 e. The van der Waals surface area contributed by atoms with Gasteiger partial charge in [0.1, 0.15) is 17.6 Å². The lowest BCUT2D eigenvalue weighted by molar-refractivity contribution is -0.234. The predicted molar refractivity (Wildman–Crippen MR) is 201 cm³/mol. The van der Waals surface area contributed by atoms with Crippen molar-refractivity contribution in [3.05, 3.63) is 42.1 Å². The molecule has 0 spiro atoms. The van der Waals surface area contributed by atoms with Gasteiger partial charge in [-0.05, 0) is 25.7 Å². The summed E-state index contributed by atoms with van der Waals surface area (Å²) in [5.74, 6) is -2.02. The maximum absolute atomic E-state index is 14.1. The van der Waals surface area contributed by atoms with Crippen molar-refractivity contribution in [1.29, 1.82) is 0 Å². The number of ether oxygens (including phenoxy) is 4. The number of hydrogen-bond acceptors (Lipinski definition) is 14. The number of aromatic nitrogens is 2. The first-order valence-electron chi connectivity index (χ1n) is 18.9. The molecule has 1 aromatic heterocycles. The van der Waals surface area contributed by atoms with Crippen molar-refractivity contribution in [2.24, 2.45) is 0 Å². The normalized spacial score (nSPS) is 16.7. The van der Waals surface area contributed by atoms with E-state index in [1.807, 2.05) is 42.2 Å². The summed E-state index contributed by atoms with van der Waals surface area (Å²) in [4.78, 5) is 79.5. The van der Waals surface area contributed by atoms with E-state index >= 15 is 0 Å². The summed E-state index contributed by atoms with van der Waals surface area (Å²) in [7, 11) is -1.70. The molecule has 3 atom stereocenters. The van der Waals surface area contributed by atoms with E-state index in [0.717, 1.165) is 19.3 Å². The van der Waals surface area contributed by atoms with Gasteiger partial charge in [-0.2, -0.15) is 0 Å². The molecule has 17 nitrogen and oxygen atoms in total. The van der Waals surface area contributed by atoms with E-state index in [9.17, 15) is 28.5 Å². The van der Waals surface area contributed by atoms with Crippen molar-refractivity contribution in [3.8, 4) is 11.4 Å². The van der Waals surface area contributed by atoms with Crippen LogP contribution >= 0.6 is 8.03 Å². The van der Waals surface area contributed by atoms with Gasteiger partial charge in [0.15, 0.2) is 5.82 Å². The first kappa shape index (κ1) is 43.1. The largest absolute Gasteiger partial charge is 0.449 e. The van der Waals surface area contributed by atoms with Crippen LogP contribution in [0.1, 0.15) is 76.2 Å². The SMILES string of the molecule is CCCCOC(=O)N1CCN(C(=O)[C@H](C[PH](=O)OC(OC(=O)CCC)OC(=O)CCC)NC(=O)c2cc(N3CC[C@H](OC)C3)nc(-c3ccccc3)n2)CC1. The fraction of sp³-hybridized carbons (Fsp3) is 0.595. The van der Waals surface area contributed by atoms with Gasteiger partial charge in [-0.1, -0.05) is 57.5 Å². The molecule has 1 aromatic carbocycles. The first-order valence-corrected chi connectivity index (χ1v) is 20.4. The molecular weight excluding hydrogens is 735 g/mol. The van der Waals surface area contributed by atoms with Crippen LogP contribution in [0.3, 0.4) is 0 Å². The molecule has 3 heterocycles. The van der Waals surface area contributed by atoms with Gasteiger partial charge in [-0.25, -0.2) is 14.8 Å². The Morgan fingerprint density at radius 2 is 1.55 bits per heavy atom. The number of piperazine rings is 1. The molecule has 0 aliphatic carbocycles. The Morgan fingerprint density at radius 1 is 0.891 bits per heavy atom. The Labute approximate surface area is 322 Å². The van der Waals surface area contributed by atoms with Crippen LogP contribution in [-0.4, -0.2) is 127 Å². The van der Waals surface area contributed by atoms with E-state index in [2.05, 4.69) is 10.3 Å². The highest BCUT2D eigenvalue weighted by Gasteiger charge is 2.34. The third kappa shape index (κ3) is 13.3. The van der Waals surface area contributed by atoms with E-state index in [0.29, 0.717) is 43.9 Å². The second-order valence-electron chi connectivity index (χ2n) is 13.2. The fourth-order valence-corrected chi connectivity index (χ4v) is 6.87. The monoisotopic (exact) mass is 788 g/mol. The molecule has 2 saturated heterocycles. The van der Waals surface area contributed by atoms with Gasteiger partial charge >= 0.3 is 24.5 Å². The van der Waals surface area contributed by atoms with E-state index < -0.39 is 56.6 Å². The lowest BCUT2D eigenvalue weighted by Gasteiger charge is -2.36. The summed E-state index contributed by atoms with van der Waals surface area (Å²) < 4.78 is 40.2. The maximum atomic E-state index is 14.1. The van der Waals surface area contributed by atoms with E-state index in [-0.39, 0.29) is 56.6 Å². The molecule has 4 rings (SSSR count). The van der Waals surface area contributed by atoms with Crippen molar-refractivity contribution in [3.63, 3.8) is 0 Å². The summed E-state index contributed by atoms with van der Waals surface area (Å²) in [6, 6.07) is 9.24. The molecule has 18 heteroatoms. The third-order valence-corrected chi connectivity index (χ3v) is 10.1. The van der Waals surface area contributed by atoms with Crippen LogP contribution in [0.4, 0.5) is 10.6 Å².